The van der Waals surface area contributed by atoms with Crippen LogP contribution >= 0.6 is 34.8 Å². The lowest BCUT2D eigenvalue weighted by atomic mass is 9.51. The Kier molecular flexibility index (Phi) is 6.93. The molecule has 8 rings (SSSR count). The lowest BCUT2D eigenvalue weighted by molar-refractivity contribution is -0.0401. The van der Waals surface area contributed by atoms with E-state index in [9.17, 15) is 4.79 Å². The molecule has 39 heavy (non-hydrogen) atoms. The van der Waals surface area contributed by atoms with Gasteiger partial charge in [0.25, 0.3) is 5.91 Å². The summed E-state index contributed by atoms with van der Waals surface area (Å²) in [5, 5.41) is 9.85. The number of carbonyl (C=O) groups excluding carboxylic acids is 1. The molecular weight excluding hydrogens is 549 g/mol. The fourth-order valence-electron chi connectivity index (χ4n) is 8.20. The minimum atomic E-state index is -0.0963. The summed E-state index contributed by atoms with van der Waals surface area (Å²) in [6.45, 7) is 0.691. The minimum absolute atomic E-state index is 0.0963. The number of hydrogen-bond acceptors (Lipinski definition) is 2. The van der Waals surface area contributed by atoms with Crippen LogP contribution in [0.3, 0.4) is 0 Å². The normalized spacial score (nSPS) is 27.2. The third-order valence-electron chi connectivity index (χ3n) is 9.80. The highest BCUT2D eigenvalue weighted by Gasteiger charge is 2.47. The van der Waals surface area contributed by atoms with E-state index in [0.29, 0.717) is 38.9 Å². The molecule has 1 heterocycles. The van der Waals surface area contributed by atoms with Crippen molar-refractivity contribution in [3.05, 3.63) is 68.8 Å². The van der Waals surface area contributed by atoms with Crippen molar-refractivity contribution in [1.82, 2.24) is 15.1 Å². The lowest BCUT2D eigenvalue weighted by Crippen LogP contribution is -2.45. The molecule has 0 unspecified atom stereocenters. The van der Waals surface area contributed by atoms with E-state index in [1.165, 1.54) is 38.5 Å². The number of amides is 1. The summed E-state index contributed by atoms with van der Waals surface area (Å²) in [7, 11) is 0. The van der Waals surface area contributed by atoms with Crippen molar-refractivity contribution in [2.45, 2.75) is 63.7 Å². The van der Waals surface area contributed by atoms with Crippen LogP contribution in [0, 0.1) is 29.6 Å². The molecule has 1 N–H and O–H groups in total. The molecule has 5 fully saturated rings. The summed E-state index contributed by atoms with van der Waals surface area (Å²) in [6.07, 6.45) is 11.7. The maximum absolute atomic E-state index is 13.7. The third kappa shape index (κ3) is 5.02. The molecule has 4 bridgehead atoms. The fraction of sp³-hybridized carbons (Fsp3) is 0.500. The minimum Gasteiger partial charge on any atom is -0.351 e. The molecule has 0 atom stereocenters. The van der Waals surface area contributed by atoms with Crippen LogP contribution in [-0.4, -0.2) is 22.2 Å². The van der Waals surface area contributed by atoms with Crippen LogP contribution in [0.5, 0.6) is 0 Å². The molecular formula is C32H34Cl3N3O. The Balaban J connectivity index is 1.14. The molecule has 7 heteroatoms. The highest BCUT2D eigenvalue weighted by atomic mass is 35.5. The van der Waals surface area contributed by atoms with Gasteiger partial charge in [0.05, 0.1) is 16.4 Å². The molecule has 4 nitrogen and oxygen atoms in total. The third-order valence-corrected chi connectivity index (χ3v) is 10.6. The largest absolute Gasteiger partial charge is 0.351 e. The molecule has 2 aromatic carbocycles. The van der Waals surface area contributed by atoms with E-state index >= 15 is 0 Å². The lowest BCUT2D eigenvalue weighted by Gasteiger charge is -2.54. The second kappa shape index (κ2) is 10.4. The van der Waals surface area contributed by atoms with Gasteiger partial charge in [-0.15, -0.1) is 0 Å². The molecule has 0 aliphatic heterocycles. The summed E-state index contributed by atoms with van der Waals surface area (Å²) in [5.41, 5.74) is 4.07. The van der Waals surface area contributed by atoms with Gasteiger partial charge in [-0.05, 0) is 124 Å². The first kappa shape index (κ1) is 25.9. The van der Waals surface area contributed by atoms with Crippen molar-refractivity contribution < 1.29 is 4.79 Å². The average molecular weight is 583 g/mol. The highest BCUT2D eigenvalue weighted by Crippen LogP contribution is 2.57. The van der Waals surface area contributed by atoms with Gasteiger partial charge in [0.2, 0.25) is 0 Å². The smallest absolute Gasteiger partial charge is 0.272 e. The van der Waals surface area contributed by atoms with Gasteiger partial charge >= 0.3 is 0 Å². The number of nitrogens with one attached hydrogen (secondary N) is 1. The number of rotatable bonds is 8. The zero-order chi connectivity index (χ0) is 26.7. The molecule has 5 aliphatic carbocycles. The molecule has 204 valence electrons. The van der Waals surface area contributed by atoms with Crippen LogP contribution in [0.4, 0.5) is 0 Å². The molecule has 0 radical (unpaired) electrons. The van der Waals surface area contributed by atoms with Crippen molar-refractivity contribution in [3.63, 3.8) is 0 Å². The van der Waals surface area contributed by atoms with Crippen LogP contribution in [0.2, 0.25) is 15.1 Å². The first-order valence-corrected chi connectivity index (χ1v) is 15.7. The second-order valence-electron chi connectivity index (χ2n) is 12.4. The number of carbonyl (C=O) groups is 1. The van der Waals surface area contributed by atoms with Gasteiger partial charge in [0.15, 0.2) is 5.69 Å². The van der Waals surface area contributed by atoms with Crippen LogP contribution in [-0.2, 0) is 0 Å². The average Bonchev–Trinajstić information content (AvgIpc) is 3.67. The maximum Gasteiger partial charge on any atom is 0.272 e. The number of benzene rings is 2. The Hall–Kier alpha value is -2.01. The molecule has 3 aromatic rings. The summed E-state index contributed by atoms with van der Waals surface area (Å²) in [4.78, 5) is 13.7. The Morgan fingerprint density at radius 1 is 0.897 bits per heavy atom. The van der Waals surface area contributed by atoms with Gasteiger partial charge in [-0.25, -0.2) is 4.68 Å². The van der Waals surface area contributed by atoms with E-state index in [1.54, 1.807) is 12.1 Å². The molecule has 1 aromatic heterocycles. The van der Waals surface area contributed by atoms with E-state index in [4.69, 9.17) is 39.9 Å². The van der Waals surface area contributed by atoms with Gasteiger partial charge in [-0.2, -0.15) is 5.10 Å². The number of aromatic nitrogens is 2. The zero-order valence-electron chi connectivity index (χ0n) is 22.0. The monoisotopic (exact) mass is 581 g/mol. The Bertz CT molecular complexity index is 1370. The summed E-state index contributed by atoms with van der Waals surface area (Å²) < 4.78 is 1.82. The van der Waals surface area contributed by atoms with E-state index in [0.717, 1.165) is 65.7 Å². The van der Waals surface area contributed by atoms with Crippen LogP contribution in [0.1, 0.15) is 79.8 Å². The molecule has 5 saturated carbocycles. The van der Waals surface area contributed by atoms with Crippen molar-refractivity contribution >= 4 is 40.7 Å². The Morgan fingerprint density at radius 2 is 1.56 bits per heavy atom. The predicted octanol–water partition coefficient (Wildman–Crippen LogP) is 8.96. The first-order chi connectivity index (χ1) is 18.9. The summed E-state index contributed by atoms with van der Waals surface area (Å²) >= 11 is 19.1. The van der Waals surface area contributed by atoms with Gasteiger partial charge in [0, 0.05) is 27.7 Å². The van der Waals surface area contributed by atoms with Crippen LogP contribution in [0.15, 0.2) is 42.5 Å². The molecule has 1 amide bonds. The van der Waals surface area contributed by atoms with Crippen molar-refractivity contribution in [2.24, 2.45) is 29.6 Å². The highest BCUT2D eigenvalue weighted by molar-refractivity contribution is 6.35. The van der Waals surface area contributed by atoms with Gasteiger partial charge in [0.1, 0.15) is 0 Å². The van der Waals surface area contributed by atoms with E-state index in [-0.39, 0.29) is 5.91 Å². The van der Waals surface area contributed by atoms with Crippen molar-refractivity contribution in [2.75, 3.05) is 6.54 Å². The van der Waals surface area contributed by atoms with Crippen molar-refractivity contribution in [1.29, 1.82) is 0 Å². The summed E-state index contributed by atoms with van der Waals surface area (Å²) in [6, 6.07) is 13.1. The molecule has 5 aliphatic rings. The van der Waals surface area contributed by atoms with Gasteiger partial charge < -0.3 is 5.32 Å². The fourth-order valence-corrected chi connectivity index (χ4v) is 8.82. The Morgan fingerprint density at radius 3 is 2.21 bits per heavy atom. The van der Waals surface area contributed by atoms with E-state index in [1.807, 2.05) is 35.0 Å². The van der Waals surface area contributed by atoms with Crippen LogP contribution in [0.25, 0.3) is 16.9 Å². The molecule has 0 spiro atoms. The van der Waals surface area contributed by atoms with Crippen molar-refractivity contribution in [3.8, 4) is 16.9 Å². The quantitative estimate of drug-likeness (QED) is 0.269. The topological polar surface area (TPSA) is 46.9 Å². The first-order valence-electron chi connectivity index (χ1n) is 14.6. The number of hydrogen-bond donors (Lipinski definition) is 1. The number of halogens is 3. The van der Waals surface area contributed by atoms with Crippen LogP contribution < -0.4 is 5.32 Å². The number of nitrogens with zero attached hydrogens (tertiary/aromatic N) is 2. The predicted molar refractivity (Wildman–Crippen MR) is 158 cm³/mol. The van der Waals surface area contributed by atoms with Gasteiger partial charge in [-0.3, -0.25) is 4.79 Å². The SMILES string of the molecule is O=C(NCCCC1C2CC3CC(C2)CC1C3)c1nn(-c2ccc(Cl)cc2Cl)c(-c2ccc(Cl)cc2)c1C1CC1. The Labute approximate surface area is 245 Å². The summed E-state index contributed by atoms with van der Waals surface area (Å²) in [5.74, 6) is 4.94. The van der Waals surface area contributed by atoms with Gasteiger partial charge in [-0.1, -0.05) is 46.9 Å². The van der Waals surface area contributed by atoms with E-state index < -0.39 is 0 Å². The van der Waals surface area contributed by atoms with E-state index in [2.05, 4.69) is 5.32 Å². The zero-order valence-corrected chi connectivity index (χ0v) is 24.3. The maximum atomic E-state index is 13.7. The second-order valence-corrected chi connectivity index (χ2v) is 13.7. The molecule has 0 saturated heterocycles. The standard InChI is InChI=1S/C32H34Cl3N3O/c33-24-7-5-21(6-8-24)31-29(20-3-4-20)30(37-38(31)28-10-9-25(34)17-27(28)35)32(39)36-11-1-2-26-22-13-18-12-19(15-22)16-23(26)14-18/h5-10,17-20,22-23,26H,1-4,11-16H2,(H,36,39).